The van der Waals surface area contributed by atoms with Crippen LogP contribution < -0.4 is 0 Å². The molecular formula is C12H21N3. The Labute approximate surface area is 91.9 Å². The Kier molecular flexibility index (Phi) is 3.10. The Bertz CT molecular complexity index is 316. The average Bonchev–Trinajstić information content (AvgIpc) is 2.64. The highest BCUT2D eigenvalue weighted by atomic mass is 15.2. The summed E-state index contributed by atoms with van der Waals surface area (Å²) in [7, 11) is 0. The lowest BCUT2D eigenvalue weighted by molar-refractivity contribution is 0.167. The molecule has 0 radical (unpaired) electrons. The van der Waals surface area contributed by atoms with Crippen molar-refractivity contribution >= 4 is 0 Å². The van der Waals surface area contributed by atoms with Gasteiger partial charge in [-0.1, -0.05) is 0 Å². The van der Waals surface area contributed by atoms with Gasteiger partial charge in [0, 0.05) is 24.2 Å². The fourth-order valence-corrected chi connectivity index (χ4v) is 2.50. The highest BCUT2D eigenvalue weighted by molar-refractivity contribution is 5.21. The van der Waals surface area contributed by atoms with Crippen LogP contribution in [0.1, 0.15) is 43.9 Å². The van der Waals surface area contributed by atoms with Crippen LogP contribution in [0.25, 0.3) is 0 Å². The van der Waals surface area contributed by atoms with Gasteiger partial charge in [0.05, 0.1) is 6.20 Å². The summed E-state index contributed by atoms with van der Waals surface area (Å²) in [5.74, 6) is 0.680. The summed E-state index contributed by atoms with van der Waals surface area (Å²) in [6, 6.07) is 0.667. The number of nitrogens with one attached hydrogen (secondary N) is 1. The van der Waals surface area contributed by atoms with Crippen LogP contribution in [0.15, 0.2) is 6.20 Å². The molecule has 1 aromatic rings. The quantitative estimate of drug-likeness (QED) is 0.807. The molecule has 2 rings (SSSR count). The third-order valence-corrected chi connectivity index (χ3v) is 3.49. The van der Waals surface area contributed by atoms with E-state index in [2.05, 4.69) is 35.9 Å². The van der Waals surface area contributed by atoms with Gasteiger partial charge >= 0.3 is 0 Å². The van der Waals surface area contributed by atoms with Crippen molar-refractivity contribution in [2.45, 2.75) is 45.6 Å². The van der Waals surface area contributed by atoms with Gasteiger partial charge < -0.3 is 4.90 Å². The summed E-state index contributed by atoms with van der Waals surface area (Å²) < 4.78 is 0. The fourth-order valence-electron chi connectivity index (χ4n) is 2.50. The van der Waals surface area contributed by atoms with Gasteiger partial charge in [-0.3, -0.25) is 5.10 Å². The number of H-pyrrole nitrogens is 1. The predicted molar refractivity (Wildman–Crippen MR) is 62.0 cm³/mol. The van der Waals surface area contributed by atoms with E-state index in [-0.39, 0.29) is 0 Å². The first-order valence-electron chi connectivity index (χ1n) is 5.92. The maximum Gasteiger partial charge on any atom is 0.0525 e. The van der Waals surface area contributed by atoms with E-state index in [0.29, 0.717) is 12.0 Å². The molecule has 1 atom stereocenters. The number of aromatic nitrogens is 2. The molecule has 1 aromatic heterocycles. The Hall–Kier alpha value is -0.830. The second-order valence-electron chi connectivity index (χ2n) is 4.88. The maximum absolute atomic E-state index is 4.12. The third-order valence-electron chi connectivity index (χ3n) is 3.49. The molecule has 2 heterocycles. The van der Waals surface area contributed by atoms with E-state index in [0.717, 1.165) is 0 Å². The molecule has 1 unspecified atom stereocenters. The molecule has 15 heavy (non-hydrogen) atoms. The average molecular weight is 207 g/mol. The second-order valence-corrected chi connectivity index (χ2v) is 4.88. The SMILES string of the molecule is Cc1[nH]ncc1C1CCCN(C(C)C)C1. The molecule has 84 valence electrons. The molecule has 0 amide bonds. The van der Waals surface area contributed by atoms with Crippen molar-refractivity contribution < 1.29 is 0 Å². The van der Waals surface area contributed by atoms with E-state index in [1.165, 1.54) is 37.2 Å². The molecule has 0 spiro atoms. The van der Waals surface area contributed by atoms with Crippen LogP contribution in [0.5, 0.6) is 0 Å². The molecule has 0 aliphatic carbocycles. The predicted octanol–water partition coefficient (Wildman–Crippen LogP) is 2.31. The number of rotatable bonds is 2. The van der Waals surface area contributed by atoms with Crippen LogP contribution in [0.4, 0.5) is 0 Å². The highest BCUT2D eigenvalue weighted by Crippen LogP contribution is 2.28. The first-order valence-corrected chi connectivity index (χ1v) is 5.92. The maximum atomic E-state index is 4.12. The Balaban J connectivity index is 2.08. The first-order chi connectivity index (χ1) is 7.18. The molecule has 0 aromatic carbocycles. The number of likely N-dealkylation sites (tertiary alicyclic amines) is 1. The van der Waals surface area contributed by atoms with Crippen molar-refractivity contribution in [1.29, 1.82) is 0 Å². The molecule has 1 aliphatic rings. The molecule has 1 N–H and O–H groups in total. The minimum absolute atomic E-state index is 0.667. The third kappa shape index (κ3) is 2.23. The summed E-state index contributed by atoms with van der Waals surface area (Å²) in [5.41, 5.74) is 2.66. The summed E-state index contributed by atoms with van der Waals surface area (Å²) in [6.45, 7) is 9.13. The van der Waals surface area contributed by atoms with Crippen molar-refractivity contribution in [2.75, 3.05) is 13.1 Å². The Morgan fingerprint density at radius 2 is 2.33 bits per heavy atom. The van der Waals surface area contributed by atoms with E-state index in [9.17, 15) is 0 Å². The van der Waals surface area contributed by atoms with E-state index in [1.54, 1.807) is 0 Å². The van der Waals surface area contributed by atoms with Gasteiger partial charge in [-0.05, 0) is 45.7 Å². The van der Waals surface area contributed by atoms with Crippen molar-refractivity contribution in [1.82, 2.24) is 15.1 Å². The van der Waals surface area contributed by atoms with Gasteiger partial charge in [0.1, 0.15) is 0 Å². The summed E-state index contributed by atoms with van der Waals surface area (Å²) in [6.07, 6.45) is 4.63. The van der Waals surface area contributed by atoms with E-state index < -0.39 is 0 Å². The molecule has 0 saturated carbocycles. The van der Waals surface area contributed by atoms with Gasteiger partial charge in [0.25, 0.3) is 0 Å². The van der Waals surface area contributed by atoms with Crippen molar-refractivity contribution in [2.24, 2.45) is 0 Å². The largest absolute Gasteiger partial charge is 0.300 e. The van der Waals surface area contributed by atoms with Crippen molar-refractivity contribution in [3.05, 3.63) is 17.5 Å². The summed E-state index contributed by atoms with van der Waals surface area (Å²) >= 11 is 0. The number of hydrogen-bond donors (Lipinski definition) is 1. The number of aromatic amines is 1. The normalized spacial score (nSPS) is 23.6. The minimum Gasteiger partial charge on any atom is -0.300 e. The first kappa shape index (κ1) is 10.7. The van der Waals surface area contributed by atoms with Gasteiger partial charge in [-0.25, -0.2) is 0 Å². The van der Waals surface area contributed by atoms with Gasteiger partial charge in [0.2, 0.25) is 0 Å². The van der Waals surface area contributed by atoms with Crippen molar-refractivity contribution in [3.63, 3.8) is 0 Å². The number of aryl methyl sites for hydroxylation is 1. The molecule has 1 fully saturated rings. The Morgan fingerprint density at radius 3 is 2.93 bits per heavy atom. The fraction of sp³-hybridized carbons (Fsp3) is 0.750. The standard InChI is InChI=1S/C12H21N3/c1-9(2)15-6-4-5-11(8-15)12-7-13-14-10(12)3/h7,9,11H,4-6,8H2,1-3H3,(H,13,14). The van der Waals surface area contributed by atoms with Crippen LogP contribution in [-0.2, 0) is 0 Å². The monoisotopic (exact) mass is 207 g/mol. The molecule has 3 heteroatoms. The second kappa shape index (κ2) is 4.35. The molecule has 3 nitrogen and oxygen atoms in total. The lowest BCUT2D eigenvalue weighted by Crippen LogP contribution is -2.39. The van der Waals surface area contributed by atoms with Crippen LogP contribution in [0.2, 0.25) is 0 Å². The molecule has 0 bridgehead atoms. The summed E-state index contributed by atoms with van der Waals surface area (Å²) in [5, 5.41) is 7.16. The molecule has 1 aliphatic heterocycles. The van der Waals surface area contributed by atoms with Gasteiger partial charge in [-0.15, -0.1) is 0 Å². The zero-order valence-corrected chi connectivity index (χ0v) is 9.95. The lowest BCUT2D eigenvalue weighted by atomic mass is 9.90. The van der Waals surface area contributed by atoms with E-state index in [4.69, 9.17) is 0 Å². The zero-order chi connectivity index (χ0) is 10.8. The van der Waals surface area contributed by atoms with Gasteiger partial charge in [-0.2, -0.15) is 5.10 Å². The Morgan fingerprint density at radius 1 is 1.53 bits per heavy atom. The smallest absolute Gasteiger partial charge is 0.0525 e. The number of piperidine rings is 1. The van der Waals surface area contributed by atoms with E-state index >= 15 is 0 Å². The number of hydrogen-bond acceptors (Lipinski definition) is 2. The zero-order valence-electron chi connectivity index (χ0n) is 9.95. The van der Waals surface area contributed by atoms with Gasteiger partial charge in [0.15, 0.2) is 0 Å². The number of nitrogens with zero attached hydrogens (tertiary/aromatic N) is 2. The molecule has 1 saturated heterocycles. The topological polar surface area (TPSA) is 31.9 Å². The van der Waals surface area contributed by atoms with Crippen molar-refractivity contribution in [3.8, 4) is 0 Å². The lowest BCUT2D eigenvalue weighted by Gasteiger charge is -2.35. The van der Waals surface area contributed by atoms with E-state index in [1.807, 2.05) is 6.20 Å². The van der Waals surface area contributed by atoms with Crippen LogP contribution >= 0.6 is 0 Å². The molecular weight excluding hydrogens is 186 g/mol. The van der Waals surface area contributed by atoms with Crippen LogP contribution in [0, 0.1) is 6.92 Å². The highest BCUT2D eigenvalue weighted by Gasteiger charge is 2.24. The minimum atomic E-state index is 0.667. The van der Waals surface area contributed by atoms with Crippen LogP contribution in [0.3, 0.4) is 0 Å². The summed E-state index contributed by atoms with van der Waals surface area (Å²) in [4.78, 5) is 2.57. The van der Waals surface area contributed by atoms with Crippen LogP contribution in [-0.4, -0.2) is 34.2 Å².